The van der Waals surface area contributed by atoms with Crippen LogP contribution in [0.2, 0.25) is 0 Å². The van der Waals surface area contributed by atoms with E-state index in [1.807, 2.05) is 0 Å². The maximum absolute atomic E-state index is 13.6. The highest BCUT2D eigenvalue weighted by atomic mass is 32.2. The van der Waals surface area contributed by atoms with Crippen molar-refractivity contribution in [2.75, 3.05) is 7.11 Å². The number of pyridine rings is 1. The number of nitrogens with zero attached hydrogens (tertiary/aromatic N) is 5. The summed E-state index contributed by atoms with van der Waals surface area (Å²) in [6, 6.07) is 7.13. The van der Waals surface area contributed by atoms with E-state index >= 15 is 0 Å². The standard InChI is InChI=1S/C22H17F3N6O4S/c1-11-18-14(22(23,24)25)8-16(27-19(18)31(2)30-11)35-13-6-4-12(5-7-13)10-26-29-21-28-20(33)15(36-21)9-17(32)34-3/h4-10H,1-3H3,(H,28,29,33)/b15-9+,26-10?. The van der Waals surface area contributed by atoms with Crippen LogP contribution in [-0.2, 0) is 27.5 Å². The third-order valence-electron chi connectivity index (χ3n) is 4.81. The van der Waals surface area contributed by atoms with Gasteiger partial charge in [0.15, 0.2) is 10.8 Å². The number of alkyl halides is 3. The molecular weight excluding hydrogens is 501 g/mol. The van der Waals surface area contributed by atoms with Gasteiger partial charge in [0, 0.05) is 19.2 Å². The van der Waals surface area contributed by atoms with Gasteiger partial charge in [-0.05, 0) is 48.5 Å². The molecule has 0 aliphatic carbocycles. The van der Waals surface area contributed by atoms with Crippen molar-refractivity contribution in [2.24, 2.45) is 17.3 Å². The number of hydrogen-bond acceptors (Lipinski definition) is 9. The Morgan fingerprint density at radius 1 is 1.25 bits per heavy atom. The Balaban J connectivity index is 1.48. The number of rotatable bonds is 5. The summed E-state index contributed by atoms with van der Waals surface area (Å²) in [6.45, 7) is 1.49. The summed E-state index contributed by atoms with van der Waals surface area (Å²) in [4.78, 5) is 27.4. The second-order valence-electron chi connectivity index (χ2n) is 7.32. The molecule has 186 valence electrons. The number of amidine groups is 1. The third-order valence-corrected chi connectivity index (χ3v) is 5.71. The zero-order chi connectivity index (χ0) is 26.0. The van der Waals surface area contributed by atoms with Crippen molar-refractivity contribution < 1.29 is 32.2 Å². The van der Waals surface area contributed by atoms with Gasteiger partial charge < -0.3 is 9.47 Å². The van der Waals surface area contributed by atoms with Crippen molar-refractivity contribution in [3.05, 3.63) is 58.1 Å². The topological polar surface area (TPSA) is 120 Å². The first kappa shape index (κ1) is 24.9. The molecule has 14 heteroatoms. The number of carbonyl (C=O) groups is 2. The Hall–Kier alpha value is -4.20. The summed E-state index contributed by atoms with van der Waals surface area (Å²) >= 11 is 0.930. The molecule has 10 nitrogen and oxygen atoms in total. The highest BCUT2D eigenvalue weighted by Gasteiger charge is 2.35. The molecule has 0 spiro atoms. The van der Waals surface area contributed by atoms with Crippen LogP contribution >= 0.6 is 11.8 Å². The lowest BCUT2D eigenvalue weighted by Gasteiger charge is -2.11. The number of methoxy groups -OCH3 is 1. The molecule has 0 saturated carbocycles. The number of halogens is 3. The summed E-state index contributed by atoms with van der Waals surface area (Å²) in [7, 11) is 2.71. The van der Waals surface area contributed by atoms with Crippen LogP contribution in [0.25, 0.3) is 11.0 Å². The number of benzene rings is 1. The van der Waals surface area contributed by atoms with Crippen molar-refractivity contribution in [1.82, 2.24) is 20.1 Å². The third kappa shape index (κ3) is 5.38. The van der Waals surface area contributed by atoms with Crippen LogP contribution in [0.3, 0.4) is 0 Å². The van der Waals surface area contributed by atoms with Crippen molar-refractivity contribution in [3.63, 3.8) is 0 Å². The van der Waals surface area contributed by atoms with Crippen LogP contribution in [0.15, 0.2) is 51.5 Å². The second-order valence-corrected chi connectivity index (χ2v) is 8.35. The van der Waals surface area contributed by atoms with E-state index in [4.69, 9.17) is 4.74 Å². The zero-order valence-corrected chi connectivity index (χ0v) is 19.8. The number of amides is 1. The average molecular weight is 518 g/mol. The first-order valence-corrected chi connectivity index (χ1v) is 11.0. The van der Waals surface area contributed by atoms with E-state index in [0.29, 0.717) is 5.56 Å². The van der Waals surface area contributed by atoms with E-state index in [2.05, 4.69) is 30.3 Å². The molecule has 36 heavy (non-hydrogen) atoms. The Bertz CT molecular complexity index is 1440. The van der Waals surface area contributed by atoms with Gasteiger partial charge in [0.25, 0.3) is 5.91 Å². The molecule has 1 aliphatic heterocycles. The Morgan fingerprint density at radius 2 is 1.97 bits per heavy atom. The smallest absolute Gasteiger partial charge is 0.417 e. The van der Waals surface area contributed by atoms with Crippen molar-refractivity contribution >= 4 is 46.1 Å². The number of hydrogen-bond donors (Lipinski definition) is 1. The minimum atomic E-state index is -4.61. The van der Waals surface area contributed by atoms with Crippen molar-refractivity contribution in [3.8, 4) is 11.6 Å². The molecule has 1 saturated heterocycles. The van der Waals surface area contributed by atoms with Crippen LogP contribution in [0.5, 0.6) is 11.6 Å². The van der Waals surface area contributed by atoms with Gasteiger partial charge >= 0.3 is 12.1 Å². The molecular formula is C22H17F3N6O4S. The largest absolute Gasteiger partial charge is 0.466 e. The number of ether oxygens (including phenoxy) is 2. The monoisotopic (exact) mass is 518 g/mol. The molecule has 4 rings (SSSR count). The molecule has 1 aromatic carbocycles. The van der Waals surface area contributed by atoms with Gasteiger partial charge in [0.1, 0.15) is 5.75 Å². The number of aryl methyl sites for hydroxylation is 2. The van der Waals surface area contributed by atoms with Crippen molar-refractivity contribution in [2.45, 2.75) is 13.1 Å². The maximum Gasteiger partial charge on any atom is 0.417 e. The molecule has 0 bridgehead atoms. The van der Waals surface area contributed by atoms with E-state index in [9.17, 15) is 22.8 Å². The van der Waals surface area contributed by atoms with E-state index in [0.717, 1.165) is 23.9 Å². The number of thioether (sulfide) groups is 1. The van der Waals surface area contributed by atoms with Crippen molar-refractivity contribution in [1.29, 1.82) is 0 Å². The lowest BCUT2D eigenvalue weighted by molar-refractivity contribution is -0.136. The van der Waals surface area contributed by atoms with E-state index in [1.54, 1.807) is 12.1 Å². The van der Waals surface area contributed by atoms with Gasteiger partial charge in [0.05, 0.1) is 34.9 Å². The first-order chi connectivity index (χ1) is 17.0. The quantitative estimate of drug-likeness (QED) is 0.237. The highest BCUT2D eigenvalue weighted by Crippen LogP contribution is 2.38. The Morgan fingerprint density at radius 3 is 2.64 bits per heavy atom. The maximum atomic E-state index is 13.6. The summed E-state index contributed by atoms with van der Waals surface area (Å²) in [5.74, 6) is -1.13. The predicted octanol–water partition coefficient (Wildman–Crippen LogP) is 3.70. The molecule has 1 aliphatic rings. The second kappa shape index (κ2) is 9.81. The van der Waals surface area contributed by atoms with Gasteiger partial charge in [-0.1, -0.05) is 0 Å². The lowest BCUT2D eigenvalue weighted by atomic mass is 10.1. The number of esters is 1. The Labute approximate surface area is 205 Å². The molecule has 0 radical (unpaired) electrons. The van der Waals surface area contributed by atoms with Gasteiger partial charge in [-0.3, -0.25) is 14.8 Å². The van der Waals surface area contributed by atoms with E-state index in [-0.39, 0.29) is 38.4 Å². The van der Waals surface area contributed by atoms with Gasteiger partial charge in [-0.25, -0.2) is 4.79 Å². The first-order valence-electron chi connectivity index (χ1n) is 10.1. The predicted molar refractivity (Wildman–Crippen MR) is 126 cm³/mol. The van der Waals surface area contributed by atoms with Crippen LogP contribution in [-0.4, -0.2) is 45.1 Å². The molecule has 0 unspecified atom stereocenters. The molecule has 1 fully saturated rings. The van der Waals surface area contributed by atoms with Gasteiger partial charge in [0.2, 0.25) is 5.88 Å². The average Bonchev–Trinajstić information content (AvgIpc) is 3.31. The Kier molecular flexibility index (Phi) is 6.79. The fraction of sp³-hybridized carbons (Fsp3) is 0.182. The number of nitrogens with one attached hydrogen (secondary N) is 1. The van der Waals surface area contributed by atoms with Crippen LogP contribution < -0.4 is 10.1 Å². The highest BCUT2D eigenvalue weighted by molar-refractivity contribution is 8.18. The van der Waals surface area contributed by atoms with E-state index in [1.165, 1.54) is 44.1 Å². The van der Waals surface area contributed by atoms with E-state index < -0.39 is 23.6 Å². The molecule has 1 amide bonds. The molecule has 3 heterocycles. The minimum absolute atomic E-state index is 0.0571. The summed E-state index contributed by atoms with van der Waals surface area (Å²) in [6.07, 6.45) is -2.16. The zero-order valence-electron chi connectivity index (χ0n) is 19.0. The SMILES string of the molecule is COC(=O)/C=C1/S/C(=N\N=Cc2ccc(Oc3cc(C(F)(F)F)c4c(C)nn(C)c4n3)cc2)NC1=O. The van der Waals surface area contributed by atoms with Crippen LogP contribution in [0, 0.1) is 6.92 Å². The van der Waals surface area contributed by atoms with Crippen LogP contribution in [0.4, 0.5) is 13.2 Å². The van der Waals surface area contributed by atoms with Gasteiger partial charge in [-0.15, -0.1) is 5.10 Å². The lowest BCUT2D eigenvalue weighted by Crippen LogP contribution is -2.19. The van der Waals surface area contributed by atoms with Gasteiger partial charge in [-0.2, -0.15) is 28.4 Å². The number of fused-ring (bicyclic) bond motifs is 1. The summed E-state index contributed by atoms with van der Waals surface area (Å²) in [5.41, 5.74) is 0.00412. The summed E-state index contributed by atoms with van der Waals surface area (Å²) < 4.78 is 52.2. The summed E-state index contributed by atoms with van der Waals surface area (Å²) in [5, 5.41) is 14.4. The normalized spacial score (nSPS) is 16.3. The number of carbonyl (C=O) groups excluding carboxylic acids is 2. The molecule has 2 aromatic heterocycles. The minimum Gasteiger partial charge on any atom is -0.466 e. The number of aromatic nitrogens is 3. The fourth-order valence-electron chi connectivity index (χ4n) is 3.23. The molecule has 0 atom stereocenters. The fourth-order valence-corrected chi connectivity index (χ4v) is 3.97. The van der Waals surface area contributed by atoms with Crippen LogP contribution in [0.1, 0.15) is 16.8 Å². The molecule has 3 aromatic rings. The molecule has 1 N–H and O–H groups in total.